The number of carboxylic acids is 1. The van der Waals surface area contributed by atoms with Gasteiger partial charge in [-0.3, -0.25) is 14.5 Å². The third kappa shape index (κ3) is 1.82. The van der Waals surface area contributed by atoms with Crippen molar-refractivity contribution in [3.05, 3.63) is 5.82 Å². The SMILES string of the molecule is Cc1nsc(N2CC(C(=O)O)CC2=O)n1. The van der Waals surface area contributed by atoms with E-state index >= 15 is 0 Å². The zero-order valence-electron chi connectivity index (χ0n) is 8.01. The van der Waals surface area contributed by atoms with Crippen molar-refractivity contribution < 1.29 is 14.7 Å². The molecule has 7 heteroatoms. The summed E-state index contributed by atoms with van der Waals surface area (Å²) in [5.74, 6) is -1.16. The fourth-order valence-electron chi connectivity index (χ4n) is 1.45. The Hall–Kier alpha value is -1.50. The Morgan fingerprint density at radius 3 is 2.87 bits per heavy atom. The Bertz CT molecular complexity index is 417. The third-order valence-corrected chi connectivity index (χ3v) is 3.05. The Morgan fingerprint density at radius 2 is 2.40 bits per heavy atom. The van der Waals surface area contributed by atoms with Crippen molar-refractivity contribution in [3.63, 3.8) is 0 Å². The number of anilines is 1. The first-order valence-electron chi connectivity index (χ1n) is 4.41. The molecule has 2 rings (SSSR count). The van der Waals surface area contributed by atoms with Gasteiger partial charge in [0.25, 0.3) is 0 Å². The lowest BCUT2D eigenvalue weighted by Crippen LogP contribution is -2.25. The molecule has 0 spiro atoms. The van der Waals surface area contributed by atoms with E-state index in [1.54, 1.807) is 6.92 Å². The van der Waals surface area contributed by atoms with Crippen LogP contribution in [0.5, 0.6) is 0 Å². The van der Waals surface area contributed by atoms with Crippen LogP contribution in [0.25, 0.3) is 0 Å². The summed E-state index contributed by atoms with van der Waals surface area (Å²) in [4.78, 5) is 27.7. The van der Waals surface area contributed by atoms with Crippen LogP contribution in [-0.2, 0) is 9.59 Å². The van der Waals surface area contributed by atoms with Gasteiger partial charge in [0.05, 0.1) is 5.92 Å². The van der Waals surface area contributed by atoms with Crippen LogP contribution >= 0.6 is 11.5 Å². The molecule has 1 unspecified atom stereocenters. The number of rotatable bonds is 2. The largest absolute Gasteiger partial charge is 0.481 e. The first-order chi connectivity index (χ1) is 7.08. The van der Waals surface area contributed by atoms with E-state index in [1.807, 2.05) is 0 Å². The summed E-state index contributed by atoms with van der Waals surface area (Å²) in [6.07, 6.45) is 0.0496. The molecule has 0 bridgehead atoms. The molecule has 0 saturated carbocycles. The zero-order chi connectivity index (χ0) is 11.0. The molecule has 1 saturated heterocycles. The van der Waals surface area contributed by atoms with Crippen molar-refractivity contribution >= 4 is 28.5 Å². The van der Waals surface area contributed by atoms with Gasteiger partial charge in [-0.1, -0.05) is 0 Å². The van der Waals surface area contributed by atoms with Gasteiger partial charge in [0.15, 0.2) is 0 Å². The van der Waals surface area contributed by atoms with E-state index in [0.29, 0.717) is 11.0 Å². The Morgan fingerprint density at radius 1 is 1.67 bits per heavy atom. The molecule has 15 heavy (non-hydrogen) atoms. The number of nitrogens with zero attached hydrogens (tertiary/aromatic N) is 3. The number of aromatic nitrogens is 2. The number of carbonyl (C=O) groups excluding carboxylic acids is 1. The topological polar surface area (TPSA) is 83.4 Å². The normalized spacial score (nSPS) is 21.0. The second-order valence-corrected chi connectivity index (χ2v) is 4.10. The van der Waals surface area contributed by atoms with Crippen LogP contribution in [0.1, 0.15) is 12.2 Å². The monoisotopic (exact) mass is 227 g/mol. The predicted molar refractivity (Wildman–Crippen MR) is 52.7 cm³/mol. The van der Waals surface area contributed by atoms with Gasteiger partial charge < -0.3 is 5.11 Å². The number of hydrogen-bond donors (Lipinski definition) is 1. The van der Waals surface area contributed by atoms with E-state index < -0.39 is 11.9 Å². The number of hydrogen-bond acceptors (Lipinski definition) is 5. The van der Waals surface area contributed by atoms with Gasteiger partial charge >= 0.3 is 5.97 Å². The van der Waals surface area contributed by atoms with Crippen molar-refractivity contribution in [1.82, 2.24) is 9.36 Å². The fourth-order valence-corrected chi connectivity index (χ4v) is 2.16. The van der Waals surface area contributed by atoms with Crippen LogP contribution in [0.2, 0.25) is 0 Å². The van der Waals surface area contributed by atoms with Crippen molar-refractivity contribution in [1.29, 1.82) is 0 Å². The fraction of sp³-hybridized carbons (Fsp3) is 0.500. The number of aliphatic carboxylic acids is 1. The van der Waals surface area contributed by atoms with Crippen molar-refractivity contribution in [3.8, 4) is 0 Å². The average Bonchev–Trinajstić information content (AvgIpc) is 2.71. The highest BCUT2D eigenvalue weighted by atomic mass is 32.1. The average molecular weight is 227 g/mol. The minimum Gasteiger partial charge on any atom is -0.481 e. The van der Waals surface area contributed by atoms with Gasteiger partial charge in [0.1, 0.15) is 5.82 Å². The van der Waals surface area contributed by atoms with E-state index in [9.17, 15) is 9.59 Å². The van der Waals surface area contributed by atoms with E-state index in [4.69, 9.17) is 5.11 Å². The lowest BCUT2D eigenvalue weighted by molar-refractivity contribution is -0.141. The third-order valence-electron chi connectivity index (χ3n) is 2.22. The minimum absolute atomic E-state index is 0.0496. The molecule has 0 aromatic carbocycles. The van der Waals surface area contributed by atoms with Crippen molar-refractivity contribution in [2.24, 2.45) is 5.92 Å². The molecule has 0 radical (unpaired) electrons. The van der Waals surface area contributed by atoms with Crippen LogP contribution in [0.3, 0.4) is 0 Å². The summed E-state index contributed by atoms with van der Waals surface area (Å²) in [5.41, 5.74) is 0. The molecule has 1 aromatic heterocycles. The van der Waals surface area contributed by atoms with Crippen LogP contribution < -0.4 is 4.90 Å². The first kappa shape index (κ1) is 10.0. The highest BCUT2D eigenvalue weighted by Crippen LogP contribution is 2.26. The molecule has 1 amide bonds. The Kier molecular flexibility index (Phi) is 2.39. The maximum Gasteiger partial charge on any atom is 0.308 e. The molecule has 1 N–H and O–H groups in total. The van der Waals surface area contributed by atoms with Gasteiger partial charge in [-0.05, 0) is 6.92 Å². The predicted octanol–water partition coefficient (Wildman–Crippen LogP) is 0.284. The summed E-state index contributed by atoms with van der Waals surface area (Å²) in [6, 6.07) is 0. The van der Waals surface area contributed by atoms with Gasteiger partial charge in [0, 0.05) is 24.5 Å². The van der Waals surface area contributed by atoms with E-state index in [1.165, 1.54) is 4.90 Å². The molecule has 1 aliphatic heterocycles. The molecule has 1 aliphatic rings. The van der Waals surface area contributed by atoms with Crippen LogP contribution in [0.4, 0.5) is 5.13 Å². The van der Waals surface area contributed by atoms with Crippen molar-refractivity contribution in [2.75, 3.05) is 11.4 Å². The standard InChI is InChI=1S/C8H9N3O3S/c1-4-9-8(15-10-4)11-3-5(7(13)14)2-6(11)12/h5H,2-3H2,1H3,(H,13,14). The smallest absolute Gasteiger partial charge is 0.308 e. The summed E-state index contributed by atoms with van der Waals surface area (Å²) < 4.78 is 3.95. The van der Waals surface area contributed by atoms with E-state index in [-0.39, 0.29) is 18.9 Å². The van der Waals surface area contributed by atoms with Crippen molar-refractivity contribution in [2.45, 2.75) is 13.3 Å². The molecule has 0 aliphatic carbocycles. The van der Waals surface area contributed by atoms with Crippen LogP contribution in [0, 0.1) is 12.8 Å². The highest BCUT2D eigenvalue weighted by molar-refractivity contribution is 7.09. The summed E-state index contributed by atoms with van der Waals surface area (Å²) >= 11 is 1.12. The molecule has 1 atom stereocenters. The molecule has 2 heterocycles. The Labute approximate surface area is 89.7 Å². The van der Waals surface area contributed by atoms with Gasteiger partial charge in [-0.25, -0.2) is 4.98 Å². The van der Waals surface area contributed by atoms with Gasteiger partial charge in [0.2, 0.25) is 11.0 Å². The lowest BCUT2D eigenvalue weighted by Gasteiger charge is -2.10. The number of carbonyl (C=O) groups is 2. The quantitative estimate of drug-likeness (QED) is 0.784. The molecular formula is C8H9N3O3S. The number of aryl methyl sites for hydroxylation is 1. The van der Waals surface area contributed by atoms with Gasteiger partial charge in [-0.15, -0.1) is 0 Å². The maximum absolute atomic E-state index is 11.5. The van der Waals surface area contributed by atoms with Crippen LogP contribution in [-0.4, -0.2) is 32.9 Å². The minimum atomic E-state index is -0.938. The number of amides is 1. The molecule has 80 valence electrons. The summed E-state index contributed by atoms with van der Waals surface area (Å²) in [7, 11) is 0. The summed E-state index contributed by atoms with van der Waals surface area (Å²) in [6.45, 7) is 1.93. The van der Waals surface area contributed by atoms with Crippen LogP contribution in [0.15, 0.2) is 0 Å². The second-order valence-electron chi connectivity index (χ2n) is 3.37. The highest BCUT2D eigenvalue weighted by Gasteiger charge is 2.36. The van der Waals surface area contributed by atoms with E-state index in [2.05, 4.69) is 9.36 Å². The van der Waals surface area contributed by atoms with E-state index in [0.717, 1.165) is 11.5 Å². The molecular weight excluding hydrogens is 218 g/mol. The zero-order valence-corrected chi connectivity index (χ0v) is 8.82. The molecule has 1 aromatic rings. The summed E-state index contributed by atoms with van der Waals surface area (Å²) in [5, 5.41) is 9.28. The number of carboxylic acid groups (broad SMARTS) is 1. The Balaban J connectivity index is 2.18. The lowest BCUT2D eigenvalue weighted by atomic mass is 10.1. The maximum atomic E-state index is 11.5. The second kappa shape index (κ2) is 3.58. The molecule has 1 fully saturated rings. The van der Waals surface area contributed by atoms with Gasteiger partial charge in [-0.2, -0.15) is 4.37 Å². The first-order valence-corrected chi connectivity index (χ1v) is 5.18. The molecule has 6 nitrogen and oxygen atoms in total.